The Balaban J connectivity index is 1.23. The number of aromatic nitrogens is 4. The van der Waals surface area contributed by atoms with Crippen molar-refractivity contribution in [2.75, 3.05) is 12.3 Å². The molecule has 1 aliphatic rings. The Bertz CT molecular complexity index is 1750. The van der Waals surface area contributed by atoms with Gasteiger partial charge in [0.05, 0.1) is 24.5 Å². The number of para-hydroxylation sites is 1. The third-order valence-corrected chi connectivity index (χ3v) is 9.24. The minimum atomic E-state index is -0.604. The molecule has 47 heavy (non-hydrogen) atoms. The van der Waals surface area contributed by atoms with Gasteiger partial charge in [-0.25, -0.2) is 4.79 Å². The summed E-state index contributed by atoms with van der Waals surface area (Å²) in [6.45, 7) is 5.00. The number of benzene rings is 4. The third kappa shape index (κ3) is 7.71. The van der Waals surface area contributed by atoms with Crippen molar-refractivity contribution in [3.8, 4) is 16.8 Å². The van der Waals surface area contributed by atoms with Gasteiger partial charge in [0, 0.05) is 30.3 Å². The number of aliphatic hydroxyl groups excluding tert-OH is 1. The topological polar surface area (TPSA) is 123 Å². The molecule has 6 rings (SSSR count). The largest absolute Gasteiger partial charge is 0.392 e. The smallest absolute Gasteiger partial charge is 0.315 e. The monoisotopic (exact) mass is 650 g/mol. The number of ether oxygens (including phenoxy) is 2. The number of hydrogen-bond acceptors (Lipinski definition) is 8. The first-order valence-electron chi connectivity index (χ1n) is 15.7. The molecule has 5 aromatic rings. The molecule has 0 saturated carbocycles. The Morgan fingerprint density at radius 2 is 1.62 bits per heavy atom. The van der Waals surface area contributed by atoms with Crippen LogP contribution in [-0.2, 0) is 22.6 Å². The molecule has 0 aliphatic carbocycles. The normalized spacial score (nSPS) is 19.3. The van der Waals surface area contributed by atoms with Gasteiger partial charge in [-0.05, 0) is 57.3 Å². The zero-order valence-electron chi connectivity index (χ0n) is 26.3. The van der Waals surface area contributed by atoms with Crippen molar-refractivity contribution < 1.29 is 19.4 Å². The van der Waals surface area contributed by atoms with Crippen molar-refractivity contribution >= 4 is 17.8 Å². The molecule has 1 aromatic heterocycles. The van der Waals surface area contributed by atoms with Crippen molar-refractivity contribution in [2.24, 2.45) is 5.92 Å². The van der Waals surface area contributed by atoms with E-state index in [4.69, 9.17) is 9.47 Å². The summed E-state index contributed by atoms with van der Waals surface area (Å²) in [5.41, 5.74) is 6.76. The van der Waals surface area contributed by atoms with E-state index in [0.717, 1.165) is 39.1 Å². The van der Waals surface area contributed by atoms with Gasteiger partial charge in [-0.2, -0.15) is 4.68 Å². The van der Waals surface area contributed by atoms with E-state index < -0.39 is 6.29 Å². The summed E-state index contributed by atoms with van der Waals surface area (Å²) in [4.78, 5) is 12.0. The highest BCUT2D eigenvalue weighted by Crippen LogP contribution is 2.43. The number of carbonyl (C=O) groups is 1. The van der Waals surface area contributed by atoms with Crippen LogP contribution in [0.3, 0.4) is 0 Å². The molecule has 4 atom stereocenters. The Morgan fingerprint density at radius 1 is 0.894 bits per heavy atom. The van der Waals surface area contributed by atoms with Crippen LogP contribution >= 0.6 is 11.8 Å². The van der Waals surface area contributed by atoms with Crippen LogP contribution in [0, 0.1) is 5.92 Å². The minimum Gasteiger partial charge on any atom is -0.392 e. The predicted octanol–water partition coefficient (Wildman–Crippen LogP) is 6.22. The number of thioether (sulfide) groups is 1. The maximum Gasteiger partial charge on any atom is 0.315 e. The first-order valence-corrected chi connectivity index (χ1v) is 16.7. The van der Waals surface area contributed by atoms with Gasteiger partial charge in [-0.15, -0.1) is 5.10 Å². The van der Waals surface area contributed by atoms with Crippen molar-refractivity contribution in [3.63, 3.8) is 0 Å². The van der Waals surface area contributed by atoms with E-state index in [0.29, 0.717) is 24.0 Å². The molecule has 0 unspecified atom stereocenters. The number of aliphatic hydroxyl groups is 1. The Labute approximate surface area is 278 Å². The molecule has 2 heterocycles. The molecule has 11 heteroatoms. The molecular weight excluding hydrogens is 613 g/mol. The van der Waals surface area contributed by atoms with E-state index >= 15 is 0 Å². The fourth-order valence-electron chi connectivity index (χ4n) is 5.64. The zero-order chi connectivity index (χ0) is 32.6. The average molecular weight is 651 g/mol. The zero-order valence-corrected chi connectivity index (χ0v) is 27.1. The number of urea groups is 1. The molecule has 3 N–H and O–H groups in total. The van der Waals surface area contributed by atoms with Gasteiger partial charge in [0.15, 0.2) is 6.29 Å². The highest BCUT2D eigenvalue weighted by atomic mass is 32.2. The van der Waals surface area contributed by atoms with Gasteiger partial charge in [-0.1, -0.05) is 110 Å². The first kappa shape index (κ1) is 32.4. The maximum atomic E-state index is 12.0. The molecule has 2 amide bonds. The van der Waals surface area contributed by atoms with Gasteiger partial charge in [0.25, 0.3) is 0 Å². The van der Waals surface area contributed by atoms with Gasteiger partial charge in [-0.3, -0.25) is 0 Å². The quantitative estimate of drug-likeness (QED) is 0.144. The second kappa shape index (κ2) is 15.4. The standard InChI is InChI=1S/C36H38N6O4S/c1-3-37-35(44)38-21-29-9-7-8-12-31(29)26-17-19-28(20-18-26)34-45-32(24(2)33(46-34)27-15-13-25(22-43)14-16-27)23-47-36-39-40-41-42(36)30-10-5-4-6-11-30/h4-20,24,32-34,43H,3,21-23H2,1-2H3,(H2,37,38,44)/t24-,32+,33+,34+/m1/s1. The van der Waals surface area contributed by atoms with Crippen LogP contribution in [-0.4, -0.2) is 49.7 Å². The number of hydrogen-bond donors (Lipinski definition) is 3. The molecule has 0 radical (unpaired) electrons. The van der Waals surface area contributed by atoms with Crippen LogP contribution in [0.2, 0.25) is 0 Å². The molecule has 1 fully saturated rings. The predicted molar refractivity (Wildman–Crippen MR) is 181 cm³/mol. The van der Waals surface area contributed by atoms with E-state index in [1.807, 2.05) is 91.9 Å². The molecule has 4 aromatic carbocycles. The summed E-state index contributed by atoms with van der Waals surface area (Å²) in [6, 6.07) is 33.8. The van der Waals surface area contributed by atoms with E-state index in [9.17, 15) is 9.90 Å². The number of rotatable bonds is 11. The van der Waals surface area contributed by atoms with Crippen molar-refractivity contribution in [2.45, 2.75) is 50.7 Å². The highest BCUT2D eigenvalue weighted by molar-refractivity contribution is 7.99. The number of nitrogens with zero attached hydrogens (tertiary/aromatic N) is 4. The summed E-state index contributed by atoms with van der Waals surface area (Å²) >= 11 is 1.55. The molecule has 1 aliphatic heterocycles. The summed E-state index contributed by atoms with van der Waals surface area (Å²) < 4.78 is 15.1. The lowest BCUT2D eigenvalue weighted by molar-refractivity contribution is -0.268. The number of amides is 2. The first-order chi connectivity index (χ1) is 23.0. The average Bonchev–Trinajstić information content (AvgIpc) is 3.60. The minimum absolute atomic E-state index is 0.0139. The molecule has 0 bridgehead atoms. The Hall–Kier alpha value is -4.55. The van der Waals surface area contributed by atoms with Gasteiger partial charge < -0.3 is 25.2 Å². The molecular formula is C36H38N6O4S. The van der Waals surface area contributed by atoms with Crippen LogP contribution in [0.4, 0.5) is 4.79 Å². The van der Waals surface area contributed by atoms with Crippen LogP contribution in [0.1, 0.15) is 48.5 Å². The fraction of sp³-hybridized carbons (Fsp3) is 0.278. The van der Waals surface area contributed by atoms with Crippen LogP contribution in [0.25, 0.3) is 16.8 Å². The van der Waals surface area contributed by atoms with Crippen LogP contribution in [0.5, 0.6) is 0 Å². The van der Waals surface area contributed by atoms with Gasteiger partial charge in [0.2, 0.25) is 5.16 Å². The van der Waals surface area contributed by atoms with Gasteiger partial charge >= 0.3 is 6.03 Å². The van der Waals surface area contributed by atoms with Crippen molar-refractivity contribution in [1.29, 1.82) is 0 Å². The summed E-state index contributed by atoms with van der Waals surface area (Å²) in [5, 5.41) is 28.4. The lowest BCUT2D eigenvalue weighted by Crippen LogP contribution is -2.38. The highest BCUT2D eigenvalue weighted by Gasteiger charge is 2.38. The molecule has 1 saturated heterocycles. The fourth-order valence-corrected chi connectivity index (χ4v) is 6.70. The maximum absolute atomic E-state index is 12.0. The van der Waals surface area contributed by atoms with Crippen LogP contribution < -0.4 is 10.6 Å². The lowest BCUT2D eigenvalue weighted by Gasteiger charge is -2.41. The number of tetrazole rings is 1. The van der Waals surface area contributed by atoms with E-state index in [2.05, 4.69) is 51.3 Å². The van der Waals surface area contributed by atoms with Crippen molar-refractivity contribution in [3.05, 3.63) is 125 Å². The number of carbonyl (C=O) groups excluding carboxylic acids is 1. The summed E-state index contributed by atoms with van der Waals surface area (Å²) in [5.74, 6) is 0.632. The summed E-state index contributed by atoms with van der Waals surface area (Å²) in [7, 11) is 0. The third-order valence-electron chi connectivity index (χ3n) is 8.23. The molecule has 242 valence electrons. The summed E-state index contributed by atoms with van der Waals surface area (Å²) in [6.07, 6.45) is -1.02. The van der Waals surface area contributed by atoms with E-state index in [1.165, 1.54) is 0 Å². The molecule has 10 nitrogen and oxygen atoms in total. The Kier molecular flexibility index (Phi) is 10.6. The second-order valence-corrected chi connectivity index (χ2v) is 12.3. The SMILES string of the molecule is CCNC(=O)NCc1ccccc1-c1ccc([C@H]2O[C@@H](CSc3nnnn3-c3ccccc3)[C@@H](C)[C@@H](c3ccc(CO)cc3)O2)cc1. The molecule has 0 spiro atoms. The Morgan fingerprint density at radius 3 is 2.36 bits per heavy atom. The van der Waals surface area contributed by atoms with Crippen molar-refractivity contribution in [1.82, 2.24) is 30.8 Å². The number of nitrogens with one attached hydrogen (secondary N) is 2. The lowest BCUT2D eigenvalue weighted by atomic mass is 9.91. The van der Waals surface area contributed by atoms with Gasteiger partial charge in [0.1, 0.15) is 0 Å². The van der Waals surface area contributed by atoms with E-state index in [1.54, 1.807) is 16.4 Å². The second-order valence-electron chi connectivity index (χ2n) is 11.3. The van der Waals surface area contributed by atoms with E-state index in [-0.39, 0.29) is 30.8 Å². The van der Waals surface area contributed by atoms with Crippen LogP contribution in [0.15, 0.2) is 108 Å².